The summed E-state index contributed by atoms with van der Waals surface area (Å²) in [7, 11) is 0. The lowest BCUT2D eigenvalue weighted by atomic mass is 10.2. The molecule has 0 aliphatic carbocycles. The van der Waals surface area contributed by atoms with Crippen LogP contribution in [-0.4, -0.2) is 35.5 Å². The van der Waals surface area contributed by atoms with Crippen molar-refractivity contribution in [3.8, 4) is 0 Å². The fourth-order valence-electron chi connectivity index (χ4n) is 2.86. The summed E-state index contributed by atoms with van der Waals surface area (Å²) < 4.78 is 0.943. The third-order valence-corrected chi connectivity index (χ3v) is 4.94. The summed E-state index contributed by atoms with van der Waals surface area (Å²) in [5, 5.41) is 0.277. The first-order valence-electron chi connectivity index (χ1n) is 7.93. The molecule has 0 unspecified atom stereocenters. The zero-order chi connectivity index (χ0) is 17.3. The van der Waals surface area contributed by atoms with Crippen molar-refractivity contribution in [3.63, 3.8) is 0 Å². The Balaban J connectivity index is 1.97. The van der Waals surface area contributed by atoms with Gasteiger partial charge in [-0.2, -0.15) is 0 Å². The van der Waals surface area contributed by atoms with E-state index in [1.54, 1.807) is 4.90 Å². The first-order valence-corrected chi connectivity index (χ1v) is 9.10. The van der Waals surface area contributed by atoms with Gasteiger partial charge in [0.25, 0.3) is 5.91 Å². The molecule has 0 radical (unpaired) electrons. The molecule has 1 aromatic heterocycles. The van der Waals surface area contributed by atoms with Gasteiger partial charge in [0.15, 0.2) is 5.69 Å². The molecule has 7 heteroatoms. The maximum Gasteiger partial charge on any atom is 0.278 e. The maximum absolute atomic E-state index is 13.0. The number of hydrogen-bond acceptors (Lipinski definition) is 4. The zero-order valence-electron chi connectivity index (χ0n) is 13.6. The summed E-state index contributed by atoms with van der Waals surface area (Å²) in [6.07, 6.45) is 2.34. The average molecular weight is 410 g/mol. The van der Waals surface area contributed by atoms with E-state index in [1.165, 1.54) is 6.20 Å². The molecular formula is C17H18BrClN4O. The number of hydrogen-bond donors (Lipinski definition) is 0. The van der Waals surface area contributed by atoms with Gasteiger partial charge in [-0.3, -0.25) is 4.79 Å². The zero-order valence-corrected chi connectivity index (χ0v) is 15.9. The van der Waals surface area contributed by atoms with Gasteiger partial charge in [0, 0.05) is 29.8 Å². The fraction of sp³-hybridized carbons (Fsp3) is 0.353. The Labute approximate surface area is 154 Å². The predicted octanol–water partition coefficient (Wildman–Crippen LogP) is 3.94. The van der Waals surface area contributed by atoms with Crippen LogP contribution in [0.4, 0.5) is 11.6 Å². The smallest absolute Gasteiger partial charge is 0.278 e. The summed E-state index contributed by atoms with van der Waals surface area (Å²) >= 11 is 9.68. The van der Waals surface area contributed by atoms with Gasteiger partial charge in [-0.25, -0.2) is 9.97 Å². The summed E-state index contributed by atoms with van der Waals surface area (Å²) in [4.78, 5) is 25.4. The van der Waals surface area contributed by atoms with E-state index in [2.05, 4.69) is 25.9 Å². The van der Waals surface area contributed by atoms with E-state index in [4.69, 9.17) is 11.6 Å². The van der Waals surface area contributed by atoms with Crippen molar-refractivity contribution < 1.29 is 4.79 Å². The van der Waals surface area contributed by atoms with Crippen molar-refractivity contribution >= 4 is 45.1 Å². The molecule has 5 nitrogen and oxygen atoms in total. The normalized spacial score (nSPS) is 13.1. The summed E-state index contributed by atoms with van der Waals surface area (Å²) in [6.45, 7) is 6.22. The number of anilines is 2. The molecule has 0 saturated carbocycles. The molecule has 0 atom stereocenters. The van der Waals surface area contributed by atoms with E-state index in [9.17, 15) is 4.79 Å². The third kappa shape index (κ3) is 3.13. The van der Waals surface area contributed by atoms with E-state index >= 15 is 0 Å². The number of fused-ring (bicyclic) bond motifs is 1. The minimum absolute atomic E-state index is 0.187. The second-order valence-electron chi connectivity index (χ2n) is 5.52. The average Bonchev–Trinajstić information content (AvgIpc) is 2.99. The number of halogens is 2. The summed E-state index contributed by atoms with van der Waals surface area (Å²) in [5.41, 5.74) is 2.32. The van der Waals surface area contributed by atoms with Crippen LogP contribution in [0.15, 0.2) is 28.9 Å². The van der Waals surface area contributed by atoms with Crippen LogP contribution in [0.25, 0.3) is 0 Å². The Morgan fingerprint density at radius 3 is 2.83 bits per heavy atom. The first kappa shape index (κ1) is 17.2. The summed E-state index contributed by atoms with van der Waals surface area (Å²) in [6, 6.07) is 5.99. The predicted molar refractivity (Wildman–Crippen MR) is 100 cm³/mol. The topological polar surface area (TPSA) is 49.3 Å². The molecule has 0 spiro atoms. The Morgan fingerprint density at radius 1 is 1.38 bits per heavy atom. The Morgan fingerprint density at radius 2 is 2.12 bits per heavy atom. The second kappa shape index (κ2) is 7.07. The largest absolute Gasteiger partial charge is 0.341 e. The van der Waals surface area contributed by atoms with Crippen LogP contribution in [0.1, 0.15) is 29.9 Å². The van der Waals surface area contributed by atoms with Crippen LogP contribution in [0, 0.1) is 0 Å². The van der Waals surface area contributed by atoms with Crippen molar-refractivity contribution in [2.75, 3.05) is 29.4 Å². The number of carbonyl (C=O) groups is 1. The molecule has 0 saturated heterocycles. The molecule has 1 amide bonds. The van der Waals surface area contributed by atoms with Gasteiger partial charge in [0.1, 0.15) is 0 Å². The number of carbonyl (C=O) groups excluding carboxylic acids is 1. The second-order valence-corrected chi connectivity index (χ2v) is 6.84. The van der Waals surface area contributed by atoms with Crippen LogP contribution in [0.3, 0.4) is 0 Å². The van der Waals surface area contributed by atoms with Crippen LogP contribution < -0.4 is 9.80 Å². The van der Waals surface area contributed by atoms with Crippen molar-refractivity contribution in [2.45, 2.75) is 20.3 Å². The van der Waals surface area contributed by atoms with Gasteiger partial charge >= 0.3 is 0 Å². The van der Waals surface area contributed by atoms with Crippen molar-refractivity contribution in [2.24, 2.45) is 0 Å². The van der Waals surface area contributed by atoms with Crippen LogP contribution >= 0.6 is 27.5 Å². The fourth-order valence-corrected chi connectivity index (χ4v) is 3.38. The molecule has 0 N–H and O–H groups in total. The van der Waals surface area contributed by atoms with Crippen molar-refractivity contribution in [1.82, 2.24) is 9.97 Å². The van der Waals surface area contributed by atoms with Gasteiger partial charge in [0.2, 0.25) is 5.95 Å². The molecule has 1 aliphatic rings. The lowest BCUT2D eigenvalue weighted by Gasteiger charge is -2.21. The summed E-state index contributed by atoms with van der Waals surface area (Å²) in [5.74, 6) is 0.342. The van der Waals surface area contributed by atoms with Crippen molar-refractivity contribution in [3.05, 3.63) is 45.1 Å². The minimum Gasteiger partial charge on any atom is -0.341 e. The number of benzene rings is 1. The van der Waals surface area contributed by atoms with E-state index in [0.717, 1.165) is 35.2 Å². The molecule has 1 aromatic carbocycles. The Bertz CT molecular complexity index is 779. The Hall–Kier alpha value is -1.66. The van der Waals surface area contributed by atoms with Crippen LogP contribution in [0.2, 0.25) is 5.02 Å². The van der Waals surface area contributed by atoms with Crippen LogP contribution in [-0.2, 0) is 6.42 Å². The number of rotatable bonds is 4. The molecule has 2 heterocycles. The molecule has 0 fully saturated rings. The highest BCUT2D eigenvalue weighted by Crippen LogP contribution is 2.32. The van der Waals surface area contributed by atoms with E-state index < -0.39 is 0 Å². The monoisotopic (exact) mass is 408 g/mol. The SMILES string of the molecule is CCN(CC)c1ncc(Cl)c(C(=O)N2CCc3ccc(Br)cc32)n1. The highest BCUT2D eigenvalue weighted by Gasteiger charge is 2.28. The van der Waals surface area contributed by atoms with Gasteiger partial charge in [-0.15, -0.1) is 0 Å². The van der Waals surface area contributed by atoms with E-state index in [-0.39, 0.29) is 16.6 Å². The molecule has 126 valence electrons. The third-order valence-electron chi connectivity index (χ3n) is 4.17. The Kier molecular flexibility index (Phi) is 5.06. The molecule has 24 heavy (non-hydrogen) atoms. The van der Waals surface area contributed by atoms with Gasteiger partial charge in [-0.05, 0) is 38.0 Å². The minimum atomic E-state index is -0.187. The molecule has 1 aliphatic heterocycles. The number of aromatic nitrogens is 2. The highest BCUT2D eigenvalue weighted by molar-refractivity contribution is 9.10. The lowest BCUT2D eigenvalue weighted by Crippen LogP contribution is -2.31. The lowest BCUT2D eigenvalue weighted by molar-refractivity contribution is 0.0984. The standard InChI is InChI=1S/C17H18BrClN4O/c1-3-22(4-2)17-20-10-13(19)15(21-17)16(24)23-8-7-11-5-6-12(18)9-14(11)23/h5-6,9-10H,3-4,7-8H2,1-2H3. The highest BCUT2D eigenvalue weighted by atomic mass is 79.9. The van der Waals surface area contributed by atoms with Crippen LogP contribution in [0.5, 0.6) is 0 Å². The number of nitrogens with zero attached hydrogens (tertiary/aromatic N) is 4. The maximum atomic E-state index is 13.0. The van der Waals surface area contributed by atoms with E-state index in [0.29, 0.717) is 12.5 Å². The molecular weight excluding hydrogens is 392 g/mol. The van der Waals surface area contributed by atoms with E-state index in [1.807, 2.05) is 36.9 Å². The molecule has 3 rings (SSSR count). The van der Waals surface area contributed by atoms with Gasteiger partial charge < -0.3 is 9.80 Å². The number of amides is 1. The first-order chi connectivity index (χ1) is 11.5. The van der Waals surface area contributed by atoms with Gasteiger partial charge in [0.05, 0.1) is 11.2 Å². The quantitative estimate of drug-likeness (QED) is 0.767. The van der Waals surface area contributed by atoms with Gasteiger partial charge in [-0.1, -0.05) is 33.6 Å². The molecule has 2 aromatic rings. The van der Waals surface area contributed by atoms with Crippen molar-refractivity contribution in [1.29, 1.82) is 0 Å². The molecule has 0 bridgehead atoms.